The van der Waals surface area contributed by atoms with E-state index in [1.54, 1.807) is 23.5 Å². The van der Waals surface area contributed by atoms with Crippen LogP contribution < -0.4 is 11.1 Å². The summed E-state index contributed by atoms with van der Waals surface area (Å²) in [4.78, 5) is 14.6. The number of thioether (sulfide) groups is 1. The summed E-state index contributed by atoms with van der Waals surface area (Å²) in [6.07, 6.45) is 2.06. The number of carbonyl (C=O) groups is 1. The Balaban J connectivity index is 2.22. The average molecular weight is 304 g/mol. The van der Waals surface area contributed by atoms with Crippen LogP contribution >= 0.6 is 23.5 Å². The summed E-state index contributed by atoms with van der Waals surface area (Å²) >= 11 is 3.36. The van der Waals surface area contributed by atoms with Gasteiger partial charge in [0.15, 0.2) is 0 Å². The lowest BCUT2D eigenvalue weighted by Crippen LogP contribution is -2.07. The Morgan fingerprint density at radius 2 is 1.80 bits per heavy atom. The standard InChI is InChI=1S/C15H16N2OS2/c1-10(18)17-15-9-13(6-7-14(15)16)20-12-5-3-4-11(8-12)19-2/h3-9H,16H2,1-2H3,(H,17,18). The Bertz CT molecular complexity index is 629. The second kappa shape index (κ2) is 6.72. The van der Waals surface area contributed by atoms with E-state index in [4.69, 9.17) is 5.73 Å². The number of nitrogens with one attached hydrogen (secondary N) is 1. The molecule has 0 heterocycles. The molecule has 0 saturated heterocycles. The highest BCUT2D eigenvalue weighted by Crippen LogP contribution is 2.33. The van der Waals surface area contributed by atoms with Crippen LogP contribution in [0.2, 0.25) is 0 Å². The van der Waals surface area contributed by atoms with Gasteiger partial charge in [-0.15, -0.1) is 11.8 Å². The van der Waals surface area contributed by atoms with Crippen LogP contribution in [0.1, 0.15) is 6.92 Å². The summed E-state index contributed by atoms with van der Waals surface area (Å²) in [6.45, 7) is 1.47. The van der Waals surface area contributed by atoms with Gasteiger partial charge < -0.3 is 11.1 Å². The highest BCUT2D eigenvalue weighted by molar-refractivity contribution is 7.99. The van der Waals surface area contributed by atoms with Crippen molar-refractivity contribution in [1.82, 2.24) is 0 Å². The molecule has 0 saturated carbocycles. The molecule has 0 aromatic heterocycles. The fraction of sp³-hybridized carbons (Fsp3) is 0.133. The predicted molar refractivity (Wildman–Crippen MR) is 87.5 cm³/mol. The topological polar surface area (TPSA) is 55.1 Å². The number of nitrogens with two attached hydrogens (primary N) is 1. The second-order valence-corrected chi connectivity index (χ2v) is 6.24. The third-order valence-corrected chi connectivity index (χ3v) is 4.32. The monoisotopic (exact) mass is 304 g/mol. The van der Waals surface area contributed by atoms with Crippen molar-refractivity contribution in [2.24, 2.45) is 0 Å². The van der Waals surface area contributed by atoms with Crippen LogP contribution in [0.5, 0.6) is 0 Å². The second-order valence-electron chi connectivity index (χ2n) is 4.21. The zero-order valence-electron chi connectivity index (χ0n) is 11.3. The number of nitrogen functional groups attached to an aromatic ring is 1. The SMILES string of the molecule is CSc1cccc(Sc2ccc(N)c(NC(C)=O)c2)c1. The van der Waals surface area contributed by atoms with Gasteiger partial charge in [0.25, 0.3) is 0 Å². The molecule has 20 heavy (non-hydrogen) atoms. The lowest BCUT2D eigenvalue weighted by molar-refractivity contribution is -0.114. The number of amides is 1. The third kappa shape index (κ3) is 3.95. The molecule has 5 heteroatoms. The smallest absolute Gasteiger partial charge is 0.221 e. The first-order valence-corrected chi connectivity index (χ1v) is 8.11. The summed E-state index contributed by atoms with van der Waals surface area (Å²) in [5.74, 6) is -0.122. The van der Waals surface area contributed by atoms with Gasteiger partial charge in [-0.3, -0.25) is 4.79 Å². The van der Waals surface area contributed by atoms with Crippen LogP contribution in [-0.2, 0) is 4.79 Å². The molecule has 2 aromatic carbocycles. The van der Waals surface area contributed by atoms with Crippen molar-refractivity contribution in [3.05, 3.63) is 42.5 Å². The minimum absolute atomic E-state index is 0.122. The third-order valence-electron chi connectivity index (χ3n) is 2.61. The number of hydrogen-bond donors (Lipinski definition) is 2. The highest BCUT2D eigenvalue weighted by atomic mass is 32.2. The normalized spacial score (nSPS) is 10.3. The van der Waals surface area contributed by atoms with Gasteiger partial charge in [-0.2, -0.15) is 0 Å². The van der Waals surface area contributed by atoms with Gasteiger partial charge in [-0.05, 0) is 42.7 Å². The van der Waals surface area contributed by atoms with E-state index >= 15 is 0 Å². The quantitative estimate of drug-likeness (QED) is 0.659. The van der Waals surface area contributed by atoms with E-state index in [1.807, 2.05) is 24.3 Å². The van der Waals surface area contributed by atoms with Crippen molar-refractivity contribution in [1.29, 1.82) is 0 Å². The van der Waals surface area contributed by atoms with E-state index < -0.39 is 0 Å². The molecule has 3 N–H and O–H groups in total. The molecule has 0 aliphatic heterocycles. The van der Waals surface area contributed by atoms with Crippen molar-refractivity contribution >= 4 is 40.8 Å². The van der Waals surface area contributed by atoms with E-state index in [2.05, 4.69) is 29.8 Å². The van der Waals surface area contributed by atoms with Gasteiger partial charge >= 0.3 is 0 Å². The molecule has 2 aromatic rings. The summed E-state index contributed by atoms with van der Waals surface area (Å²) in [5.41, 5.74) is 7.08. The molecule has 0 spiro atoms. The van der Waals surface area contributed by atoms with Crippen LogP contribution in [-0.4, -0.2) is 12.2 Å². The first-order chi connectivity index (χ1) is 9.58. The molecular weight excluding hydrogens is 288 g/mol. The fourth-order valence-corrected chi connectivity index (χ4v) is 3.15. The summed E-state index contributed by atoms with van der Waals surface area (Å²) in [7, 11) is 0. The maximum absolute atomic E-state index is 11.1. The van der Waals surface area contributed by atoms with Gasteiger partial charge in [0.05, 0.1) is 11.4 Å². The van der Waals surface area contributed by atoms with Gasteiger partial charge in [0, 0.05) is 21.6 Å². The predicted octanol–water partition coefficient (Wildman–Crippen LogP) is 4.10. The highest BCUT2D eigenvalue weighted by Gasteiger charge is 2.05. The number of hydrogen-bond acceptors (Lipinski definition) is 4. The van der Waals surface area contributed by atoms with E-state index in [0.717, 1.165) is 9.79 Å². The van der Waals surface area contributed by atoms with Crippen molar-refractivity contribution < 1.29 is 4.79 Å². The minimum atomic E-state index is -0.122. The van der Waals surface area contributed by atoms with Gasteiger partial charge in [-0.1, -0.05) is 17.8 Å². The first kappa shape index (κ1) is 14.8. The molecule has 0 bridgehead atoms. The molecule has 2 rings (SSSR count). The van der Waals surface area contributed by atoms with Crippen molar-refractivity contribution in [2.75, 3.05) is 17.3 Å². The number of anilines is 2. The van der Waals surface area contributed by atoms with Crippen LogP contribution in [0, 0.1) is 0 Å². The van der Waals surface area contributed by atoms with E-state index in [-0.39, 0.29) is 5.91 Å². The fourth-order valence-electron chi connectivity index (χ4n) is 1.70. The molecule has 0 radical (unpaired) electrons. The molecule has 0 atom stereocenters. The lowest BCUT2D eigenvalue weighted by atomic mass is 10.2. The van der Waals surface area contributed by atoms with Crippen molar-refractivity contribution in [3.8, 4) is 0 Å². The zero-order chi connectivity index (χ0) is 14.5. The first-order valence-electron chi connectivity index (χ1n) is 6.07. The number of rotatable bonds is 4. The maximum atomic E-state index is 11.1. The van der Waals surface area contributed by atoms with E-state index in [9.17, 15) is 4.79 Å². The average Bonchev–Trinajstić information content (AvgIpc) is 2.42. The molecule has 104 valence electrons. The van der Waals surface area contributed by atoms with Crippen molar-refractivity contribution in [2.45, 2.75) is 21.6 Å². The molecule has 0 unspecified atom stereocenters. The van der Waals surface area contributed by atoms with Crippen LogP contribution in [0.3, 0.4) is 0 Å². The summed E-state index contributed by atoms with van der Waals surface area (Å²) in [6, 6.07) is 14.0. The van der Waals surface area contributed by atoms with Crippen LogP contribution in [0.15, 0.2) is 57.2 Å². The number of carbonyl (C=O) groups excluding carboxylic acids is 1. The molecule has 0 aliphatic carbocycles. The summed E-state index contributed by atoms with van der Waals surface area (Å²) < 4.78 is 0. The molecule has 0 fully saturated rings. The maximum Gasteiger partial charge on any atom is 0.221 e. The Hall–Kier alpha value is -1.59. The molecule has 0 aliphatic rings. The van der Waals surface area contributed by atoms with E-state index in [1.165, 1.54) is 11.8 Å². The summed E-state index contributed by atoms with van der Waals surface area (Å²) in [5, 5.41) is 2.74. The van der Waals surface area contributed by atoms with Crippen molar-refractivity contribution in [3.63, 3.8) is 0 Å². The largest absolute Gasteiger partial charge is 0.397 e. The molecule has 1 amide bonds. The molecular formula is C15H16N2OS2. The Morgan fingerprint density at radius 1 is 1.10 bits per heavy atom. The lowest BCUT2D eigenvalue weighted by Gasteiger charge is -2.09. The van der Waals surface area contributed by atoms with Gasteiger partial charge in [0.2, 0.25) is 5.91 Å². The zero-order valence-corrected chi connectivity index (χ0v) is 13.0. The minimum Gasteiger partial charge on any atom is -0.397 e. The Morgan fingerprint density at radius 3 is 2.50 bits per heavy atom. The van der Waals surface area contributed by atoms with Crippen LogP contribution in [0.25, 0.3) is 0 Å². The number of benzene rings is 2. The Kier molecular flexibility index (Phi) is 4.98. The van der Waals surface area contributed by atoms with E-state index in [0.29, 0.717) is 11.4 Å². The van der Waals surface area contributed by atoms with Crippen LogP contribution in [0.4, 0.5) is 11.4 Å². The molecule has 3 nitrogen and oxygen atoms in total. The van der Waals surface area contributed by atoms with Gasteiger partial charge in [-0.25, -0.2) is 0 Å². The van der Waals surface area contributed by atoms with Gasteiger partial charge in [0.1, 0.15) is 0 Å². The Labute approximate surface area is 127 Å².